The average molecular weight is 324 g/mol. The molecule has 23 heavy (non-hydrogen) atoms. The van der Waals surface area contributed by atoms with Crippen molar-refractivity contribution in [2.75, 3.05) is 14.2 Å². The van der Waals surface area contributed by atoms with Gasteiger partial charge in [0.25, 0.3) is 0 Å². The van der Waals surface area contributed by atoms with Crippen molar-refractivity contribution >= 4 is 12.2 Å². The molecule has 0 aromatic carbocycles. The quantitative estimate of drug-likeness (QED) is 0.583. The van der Waals surface area contributed by atoms with E-state index in [-0.39, 0.29) is 12.0 Å². The summed E-state index contributed by atoms with van der Waals surface area (Å²) in [7, 11) is 2.96. The summed E-state index contributed by atoms with van der Waals surface area (Å²) in [5.74, 6) is -0.473. The summed E-state index contributed by atoms with van der Waals surface area (Å²) in [4.78, 5) is 19.5. The Morgan fingerprint density at radius 1 is 1.35 bits per heavy atom. The summed E-state index contributed by atoms with van der Waals surface area (Å²) >= 11 is 0. The summed E-state index contributed by atoms with van der Waals surface area (Å²) in [6.07, 6.45) is 2.23. The van der Waals surface area contributed by atoms with Gasteiger partial charge in [-0.3, -0.25) is 9.79 Å². The van der Waals surface area contributed by atoms with Crippen LogP contribution in [0.2, 0.25) is 0 Å². The van der Waals surface area contributed by atoms with Crippen molar-refractivity contribution in [2.45, 2.75) is 45.1 Å². The molecular formula is C16H24N2O5. The molecule has 0 saturated carbocycles. The van der Waals surface area contributed by atoms with Crippen LogP contribution in [0.3, 0.4) is 0 Å². The van der Waals surface area contributed by atoms with Crippen LogP contribution in [0.4, 0.5) is 0 Å². The van der Waals surface area contributed by atoms with Crippen LogP contribution in [0.15, 0.2) is 23.3 Å². The van der Waals surface area contributed by atoms with E-state index in [1.807, 2.05) is 20.8 Å². The number of carboxylic acid groups (broad SMARTS) is 1. The Bertz CT molecular complexity index is 518. The first-order valence-corrected chi connectivity index (χ1v) is 7.21. The van der Waals surface area contributed by atoms with Crippen molar-refractivity contribution in [1.82, 2.24) is 4.98 Å². The fourth-order valence-electron chi connectivity index (χ4n) is 1.78. The summed E-state index contributed by atoms with van der Waals surface area (Å²) < 4.78 is 15.7. The molecule has 0 saturated heterocycles. The second-order valence-electron chi connectivity index (χ2n) is 5.90. The highest BCUT2D eigenvalue weighted by Crippen LogP contribution is 2.23. The minimum atomic E-state index is -0.950. The van der Waals surface area contributed by atoms with Crippen molar-refractivity contribution < 1.29 is 24.1 Å². The van der Waals surface area contributed by atoms with E-state index in [0.717, 1.165) is 0 Å². The number of aliphatic imine (C=N–C) groups is 1. The van der Waals surface area contributed by atoms with Gasteiger partial charge in [0.1, 0.15) is 5.60 Å². The molecule has 1 aromatic rings. The van der Waals surface area contributed by atoms with Gasteiger partial charge in [-0.2, -0.15) is 0 Å². The Hall–Kier alpha value is -1.99. The molecule has 0 fully saturated rings. The van der Waals surface area contributed by atoms with E-state index in [1.165, 1.54) is 20.4 Å². The van der Waals surface area contributed by atoms with Gasteiger partial charge in [-0.1, -0.05) is 0 Å². The van der Waals surface area contributed by atoms with Gasteiger partial charge in [-0.25, -0.2) is 4.98 Å². The molecular weight excluding hydrogens is 300 g/mol. The molecule has 0 bridgehead atoms. The monoisotopic (exact) mass is 324 g/mol. The molecule has 0 aliphatic heterocycles. The number of methoxy groups -OCH3 is 2. The second-order valence-corrected chi connectivity index (χ2v) is 5.90. The maximum Gasteiger partial charge on any atom is 0.305 e. The number of carbonyl (C=O) groups is 1. The van der Waals surface area contributed by atoms with Gasteiger partial charge in [-0.15, -0.1) is 0 Å². The van der Waals surface area contributed by atoms with Crippen molar-refractivity contribution in [3.63, 3.8) is 0 Å². The largest absolute Gasteiger partial charge is 0.481 e. The van der Waals surface area contributed by atoms with Crippen LogP contribution in [0.1, 0.15) is 38.8 Å². The van der Waals surface area contributed by atoms with Crippen LogP contribution in [0.5, 0.6) is 5.88 Å². The van der Waals surface area contributed by atoms with Crippen LogP contribution in [-0.4, -0.2) is 48.4 Å². The standard InChI is InChI=1S/C16H24N2O5/c1-16(2,3)23-13-7-6-11(9-18-13)12(8-14(19)20)17-10-15(21-4)22-5/h6-7,9-10,12,15H,8H2,1-5H3,(H,19,20)/b17-10+. The topological polar surface area (TPSA) is 90.2 Å². The Morgan fingerprint density at radius 3 is 2.43 bits per heavy atom. The number of hydrogen-bond donors (Lipinski definition) is 1. The zero-order valence-electron chi connectivity index (χ0n) is 14.1. The van der Waals surface area contributed by atoms with E-state index in [1.54, 1.807) is 18.3 Å². The van der Waals surface area contributed by atoms with Gasteiger partial charge in [-0.05, 0) is 32.4 Å². The number of carboxylic acids is 1. The van der Waals surface area contributed by atoms with E-state index in [2.05, 4.69) is 9.98 Å². The minimum absolute atomic E-state index is 0.155. The van der Waals surface area contributed by atoms with E-state index in [4.69, 9.17) is 19.3 Å². The average Bonchev–Trinajstić information content (AvgIpc) is 2.46. The molecule has 7 heteroatoms. The summed E-state index contributed by atoms with van der Waals surface area (Å²) in [6.45, 7) is 5.78. The summed E-state index contributed by atoms with van der Waals surface area (Å²) in [6, 6.07) is 2.89. The van der Waals surface area contributed by atoms with E-state index < -0.39 is 18.3 Å². The molecule has 0 aliphatic carbocycles. The number of nitrogens with zero attached hydrogens (tertiary/aromatic N) is 2. The molecule has 128 valence electrons. The van der Waals surface area contributed by atoms with Crippen molar-refractivity contribution in [2.24, 2.45) is 4.99 Å². The summed E-state index contributed by atoms with van der Waals surface area (Å²) in [5.41, 5.74) is 0.327. The number of aromatic nitrogens is 1. The van der Waals surface area contributed by atoms with Crippen LogP contribution in [-0.2, 0) is 14.3 Å². The highest BCUT2D eigenvalue weighted by atomic mass is 16.7. The first-order valence-electron chi connectivity index (χ1n) is 7.21. The lowest BCUT2D eigenvalue weighted by atomic mass is 10.1. The molecule has 7 nitrogen and oxygen atoms in total. The third-order valence-corrected chi connectivity index (χ3v) is 2.78. The lowest BCUT2D eigenvalue weighted by Gasteiger charge is -2.20. The lowest BCUT2D eigenvalue weighted by molar-refractivity contribution is -0.137. The van der Waals surface area contributed by atoms with Crippen molar-refractivity contribution in [3.8, 4) is 5.88 Å². The van der Waals surface area contributed by atoms with Crippen molar-refractivity contribution in [1.29, 1.82) is 0 Å². The maximum absolute atomic E-state index is 11.0. The Kier molecular flexibility index (Phi) is 7.12. The third kappa shape index (κ3) is 7.21. The zero-order valence-corrected chi connectivity index (χ0v) is 14.1. The molecule has 0 aliphatic rings. The molecule has 1 rings (SSSR count). The number of ether oxygens (including phenoxy) is 3. The smallest absolute Gasteiger partial charge is 0.305 e. The fraction of sp³-hybridized carbons (Fsp3) is 0.562. The van der Waals surface area contributed by atoms with Gasteiger partial charge in [0.2, 0.25) is 5.88 Å². The van der Waals surface area contributed by atoms with Gasteiger partial charge >= 0.3 is 5.97 Å². The molecule has 1 unspecified atom stereocenters. The van der Waals surface area contributed by atoms with Crippen LogP contribution in [0, 0.1) is 0 Å². The van der Waals surface area contributed by atoms with Crippen LogP contribution < -0.4 is 4.74 Å². The predicted molar refractivity (Wildman–Crippen MR) is 85.9 cm³/mol. The lowest BCUT2D eigenvalue weighted by Crippen LogP contribution is -2.23. The molecule has 0 radical (unpaired) electrons. The Morgan fingerprint density at radius 2 is 2.00 bits per heavy atom. The van der Waals surface area contributed by atoms with Gasteiger partial charge in [0.05, 0.1) is 18.7 Å². The van der Waals surface area contributed by atoms with Crippen LogP contribution >= 0.6 is 0 Å². The Balaban J connectivity index is 2.92. The predicted octanol–water partition coefficient (Wildman–Crippen LogP) is 2.46. The Labute approximate surface area is 136 Å². The normalized spacial score (nSPS) is 13.5. The van der Waals surface area contributed by atoms with Gasteiger partial charge < -0.3 is 19.3 Å². The number of rotatable bonds is 8. The van der Waals surface area contributed by atoms with E-state index in [9.17, 15) is 4.79 Å². The van der Waals surface area contributed by atoms with Crippen LogP contribution in [0.25, 0.3) is 0 Å². The fourth-order valence-corrected chi connectivity index (χ4v) is 1.78. The first-order chi connectivity index (χ1) is 10.7. The molecule has 0 amide bonds. The van der Waals surface area contributed by atoms with E-state index >= 15 is 0 Å². The minimum Gasteiger partial charge on any atom is -0.481 e. The van der Waals surface area contributed by atoms with Crippen molar-refractivity contribution in [3.05, 3.63) is 23.9 Å². The van der Waals surface area contributed by atoms with E-state index in [0.29, 0.717) is 11.4 Å². The third-order valence-electron chi connectivity index (χ3n) is 2.78. The van der Waals surface area contributed by atoms with Gasteiger partial charge in [0.15, 0.2) is 6.29 Å². The number of pyridine rings is 1. The molecule has 1 aromatic heterocycles. The number of hydrogen-bond acceptors (Lipinski definition) is 6. The SMILES string of the molecule is COC(/C=N/C(CC(=O)O)c1ccc(OC(C)(C)C)nc1)OC. The molecule has 1 heterocycles. The highest BCUT2D eigenvalue weighted by molar-refractivity contribution is 5.69. The molecule has 0 spiro atoms. The summed E-state index contributed by atoms with van der Waals surface area (Å²) in [5, 5.41) is 9.05. The molecule has 1 N–H and O–H groups in total. The number of aliphatic carboxylic acids is 1. The maximum atomic E-state index is 11.0. The first kappa shape index (κ1) is 19.1. The second kappa shape index (κ2) is 8.59. The zero-order chi connectivity index (χ0) is 17.5. The molecule has 1 atom stereocenters. The highest BCUT2D eigenvalue weighted by Gasteiger charge is 2.17. The van der Waals surface area contributed by atoms with Gasteiger partial charge in [0, 0.05) is 26.5 Å².